The first-order valence-corrected chi connectivity index (χ1v) is 10.3. The SMILES string of the molecule is COc1ccc(Br)cc1C=NNC(=O)c1ccccc1OCc1cccc(Br)c1. The van der Waals surface area contributed by atoms with Crippen LogP contribution in [-0.4, -0.2) is 19.2 Å². The van der Waals surface area contributed by atoms with Crippen LogP contribution >= 0.6 is 31.9 Å². The van der Waals surface area contributed by atoms with E-state index in [1.165, 1.54) is 6.21 Å². The summed E-state index contributed by atoms with van der Waals surface area (Å²) in [4.78, 5) is 12.6. The number of hydrogen-bond donors (Lipinski definition) is 1. The molecule has 29 heavy (non-hydrogen) atoms. The van der Waals surface area contributed by atoms with E-state index < -0.39 is 0 Å². The molecule has 0 spiro atoms. The normalized spacial score (nSPS) is 10.7. The monoisotopic (exact) mass is 516 g/mol. The van der Waals surface area contributed by atoms with Crippen molar-refractivity contribution in [1.82, 2.24) is 5.43 Å². The number of carbonyl (C=O) groups is 1. The highest BCUT2D eigenvalue weighted by atomic mass is 79.9. The largest absolute Gasteiger partial charge is 0.496 e. The van der Waals surface area contributed by atoms with E-state index in [-0.39, 0.29) is 5.91 Å². The fourth-order valence-electron chi connectivity index (χ4n) is 2.59. The Morgan fingerprint density at radius 3 is 2.59 bits per heavy atom. The van der Waals surface area contributed by atoms with Crippen LogP contribution in [0.15, 0.2) is 80.8 Å². The Morgan fingerprint density at radius 2 is 1.79 bits per heavy atom. The van der Waals surface area contributed by atoms with Gasteiger partial charge in [-0.15, -0.1) is 0 Å². The van der Waals surface area contributed by atoms with Crippen LogP contribution in [0.3, 0.4) is 0 Å². The Balaban J connectivity index is 1.69. The van der Waals surface area contributed by atoms with Crippen molar-refractivity contribution in [2.24, 2.45) is 5.10 Å². The molecular formula is C22H18Br2N2O3. The first kappa shape index (κ1) is 21.1. The van der Waals surface area contributed by atoms with Gasteiger partial charge in [-0.05, 0) is 48.0 Å². The number of benzene rings is 3. The van der Waals surface area contributed by atoms with E-state index >= 15 is 0 Å². The van der Waals surface area contributed by atoms with E-state index in [2.05, 4.69) is 42.4 Å². The molecule has 3 rings (SSSR count). The van der Waals surface area contributed by atoms with Crippen LogP contribution in [0.25, 0.3) is 0 Å². The highest BCUT2D eigenvalue weighted by Gasteiger charge is 2.12. The van der Waals surface area contributed by atoms with Gasteiger partial charge in [-0.3, -0.25) is 4.79 Å². The van der Waals surface area contributed by atoms with Crippen molar-refractivity contribution in [3.05, 3.63) is 92.4 Å². The summed E-state index contributed by atoms with van der Waals surface area (Å²) in [5.41, 5.74) is 4.67. The molecule has 0 unspecified atom stereocenters. The van der Waals surface area contributed by atoms with Gasteiger partial charge in [-0.25, -0.2) is 5.43 Å². The maximum absolute atomic E-state index is 12.6. The lowest BCUT2D eigenvalue weighted by molar-refractivity contribution is 0.0950. The van der Waals surface area contributed by atoms with E-state index in [9.17, 15) is 4.79 Å². The minimum atomic E-state index is -0.361. The average molecular weight is 518 g/mol. The van der Waals surface area contributed by atoms with Gasteiger partial charge in [0.2, 0.25) is 0 Å². The lowest BCUT2D eigenvalue weighted by Gasteiger charge is -2.11. The smallest absolute Gasteiger partial charge is 0.275 e. The number of hydrogen-bond acceptors (Lipinski definition) is 4. The van der Waals surface area contributed by atoms with Crippen LogP contribution in [0, 0.1) is 0 Å². The van der Waals surface area contributed by atoms with Crippen LogP contribution in [0.1, 0.15) is 21.5 Å². The fraction of sp³-hybridized carbons (Fsp3) is 0.0909. The quantitative estimate of drug-likeness (QED) is 0.329. The number of nitrogens with one attached hydrogen (secondary N) is 1. The molecule has 0 saturated carbocycles. The third-order valence-electron chi connectivity index (χ3n) is 3.98. The van der Waals surface area contributed by atoms with Crippen molar-refractivity contribution in [3.8, 4) is 11.5 Å². The summed E-state index contributed by atoms with van der Waals surface area (Å²) >= 11 is 6.85. The van der Waals surface area contributed by atoms with Gasteiger partial charge in [0.15, 0.2) is 0 Å². The molecule has 0 atom stereocenters. The number of hydrazone groups is 1. The van der Waals surface area contributed by atoms with Crippen molar-refractivity contribution >= 4 is 44.0 Å². The molecule has 3 aromatic rings. The predicted octanol–water partition coefficient (Wildman–Crippen LogP) is 5.56. The van der Waals surface area contributed by atoms with Crippen LogP contribution in [0.4, 0.5) is 0 Å². The molecule has 0 radical (unpaired) electrons. The van der Waals surface area contributed by atoms with Gasteiger partial charge in [0.1, 0.15) is 18.1 Å². The molecule has 0 fully saturated rings. The van der Waals surface area contributed by atoms with E-state index in [1.54, 1.807) is 25.3 Å². The fourth-order valence-corrected chi connectivity index (χ4v) is 3.42. The molecule has 7 heteroatoms. The summed E-state index contributed by atoms with van der Waals surface area (Å²) in [7, 11) is 1.58. The van der Waals surface area contributed by atoms with Gasteiger partial charge in [0.25, 0.3) is 5.91 Å². The average Bonchev–Trinajstić information content (AvgIpc) is 2.72. The molecule has 0 aliphatic rings. The zero-order valence-corrected chi connectivity index (χ0v) is 18.7. The molecule has 0 heterocycles. The third kappa shape index (κ3) is 5.92. The van der Waals surface area contributed by atoms with Gasteiger partial charge in [0, 0.05) is 14.5 Å². The van der Waals surface area contributed by atoms with Crippen LogP contribution in [-0.2, 0) is 6.61 Å². The molecule has 0 aliphatic heterocycles. The highest BCUT2D eigenvalue weighted by molar-refractivity contribution is 9.10. The van der Waals surface area contributed by atoms with Crippen LogP contribution in [0.2, 0.25) is 0 Å². The molecule has 0 saturated heterocycles. The Kier molecular flexibility index (Phi) is 7.43. The van der Waals surface area contributed by atoms with Crippen LogP contribution < -0.4 is 14.9 Å². The highest BCUT2D eigenvalue weighted by Crippen LogP contribution is 2.22. The van der Waals surface area contributed by atoms with Crippen molar-refractivity contribution in [2.45, 2.75) is 6.61 Å². The van der Waals surface area contributed by atoms with Gasteiger partial charge < -0.3 is 9.47 Å². The molecular weight excluding hydrogens is 500 g/mol. The van der Waals surface area contributed by atoms with E-state index in [0.29, 0.717) is 23.7 Å². The second kappa shape index (κ2) is 10.2. The Labute approximate surface area is 186 Å². The lowest BCUT2D eigenvalue weighted by Crippen LogP contribution is -2.18. The van der Waals surface area contributed by atoms with Gasteiger partial charge in [0.05, 0.1) is 18.9 Å². The van der Waals surface area contributed by atoms with Gasteiger partial charge >= 0.3 is 0 Å². The summed E-state index contributed by atoms with van der Waals surface area (Å²) < 4.78 is 13.0. The molecule has 5 nitrogen and oxygen atoms in total. The molecule has 1 N–H and O–H groups in total. The standard InChI is InChI=1S/C22H18Br2N2O3/c1-28-20-10-9-18(24)12-16(20)13-25-26-22(27)19-7-2-3-8-21(19)29-14-15-5-4-6-17(23)11-15/h2-13H,14H2,1H3,(H,26,27). The van der Waals surface area contributed by atoms with Gasteiger partial charge in [-0.2, -0.15) is 5.10 Å². The number of ether oxygens (including phenoxy) is 2. The summed E-state index contributed by atoms with van der Waals surface area (Å²) in [5.74, 6) is 0.782. The molecule has 0 bridgehead atoms. The molecule has 3 aromatic carbocycles. The van der Waals surface area contributed by atoms with Gasteiger partial charge in [-0.1, -0.05) is 56.1 Å². The van der Waals surface area contributed by atoms with Crippen molar-refractivity contribution < 1.29 is 14.3 Å². The summed E-state index contributed by atoms with van der Waals surface area (Å²) in [5, 5.41) is 4.05. The van der Waals surface area contributed by atoms with E-state index in [1.807, 2.05) is 48.5 Å². The van der Waals surface area contributed by atoms with Crippen molar-refractivity contribution in [1.29, 1.82) is 0 Å². The number of rotatable bonds is 7. The number of para-hydroxylation sites is 1. The second-order valence-electron chi connectivity index (χ2n) is 6.00. The summed E-state index contributed by atoms with van der Waals surface area (Å²) in [6.45, 7) is 0.349. The second-order valence-corrected chi connectivity index (χ2v) is 7.83. The minimum Gasteiger partial charge on any atom is -0.496 e. The zero-order valence-electron chi connectivity index (χ0n) is 15.6. The Hall–Kier alpha value is -2.64. The lowest BCUT2D eigenvalue weighted by atomic mass is 10.2. The predicted molar refractivity (Wildman–Crippen MR) is 121 cm³/mol. The van der Waals surface area contributed by atoms with Crippen molar-refractivity contribution in [3.63, 3.8) is 0 Å². The molecule has 1 amide bonds. The maximum atomic E-state index is 12.6. The first-order valence-electron chi connectivity index (χ1n) is 8.70. The van der Waals surface area contributed by atoms with E-state index in [4.69, 9.17) is 9.47 Å². The topological polar surface area (TPSA) is 59.9 Å². The van der Waals surface area contributed by atoms with Crippen LogP contribution in [0.5, 0.6) is 11.5 Å². The Bertz CT molecular complexity index is 1040. The number of methoxy groups -OCH3 is 1. The zero-order chi connectivity index (χ0) is 20.6. The number of nitrogens with zero attached hydrogens (tertiary/aromatic N) is 1. The number of amides is 1. The number of halogens is 2. The summed E-state index contributed by atoms with van der Waals surface area (Å²) in [6, 6.07) is 20.4. The summed E-state index contributed by atoms with van der Waals surface area (Å²) in [6.07, 6.45) is 1.53. The Morgan fingerprint density at radius 1 is 1.00 bits per heavy atom. The molecule has 0 aromatic heterocycles. The maximum Gasteiger partial charge on any atom is 0.275 e. The van der Waals surface area contributed by atoms with Crippen molar-refractivity contribution in [2.75, 3.05) is 7.11 Å². The minimum absolute atomic E-state index is 0.349. The molecule has 148 valence electrons. The third-order valence-corrected chi connectivity index (χ3v) is 4.96. The first-order chi connectivity index (χ1) is 14.1. The molecule has 0 aliphatic carbocycles. The van der Waals surface area contributed by atoms with E-state index in [0.717, 1.165) is 20.1 Å². The number of carbonyl (C=O) groups excluding carboxylic acids is 1.